The molecule has 2 N–H and O–H groups in total. The summed E-state index contributed by atoms with van der Waals surface area (Å²) in [5, 5.41) is 9.00. The topological polar surface area (TPSA) is 129 Å². The van der Waals surface area contributed by atoms with E-state index in [1.165, 1.54) is 41.6 Å². The van der Waals surface area contributed by atoms with E-state index < -0.39 is 22.0 Å². The fourth-order valence-corrected chi connectivity index (χ4v) is 4.56. The van der Waals surface area contributed by atoms with E-state index in [1.807, 2.05) is 0 Å². The molecule has 1 aromatic heterocycles. The standard InChI is InChI=1S/C18H20N4O6S/c1-13(23)21-10-11-22(17(12-21)18(24)20-25)29(26,27)16-4-2-14(3-5-16)28-15-6-8-19-9-7-15/h2-9,17,25H,10-12H2,1H3,(H,20,24)/t17-/m1/s1. The number of rotatable bonds is 5. The Morgan fingerprint density at radius 2 is 1.72 bits per heavy atom. The molecule has 2 aromatic rings. The Morgan fingerprint density at radius 1 is 1.10 bits per heavy atom. The molecule has 2 heterocycles. The molecule has 154 valence electrons. The van der Waals surface area contributed by atoms with Crippen molar-refractivity contribution in [2.24, 2.45) is 0 Å². The van der Waals surface area contributed by atoms with Crippen molar-refractivity contribution in [2.45, 2.75) is 17.9 Å². The van der Waals surface area contributed by atoms with Gasteiger partial charge in [-0.2, -0.15) is 4.31 Å². The predicted molar refractivity (Wildman–Crippen MR) is 101 cm³/mol. The van der Waals surface area contributed by atoms with Crippen molar-refractivity contribution in [2.75, 3.05) is 19.6 Å². The fourth-order valence-electron chi connectivity index (χ4n) is 2.99. The molecule has 29 heavy (non-hydrogen) atoms. The molecule has 1 aliphatic rings. The number of carbonyl (C=O) groups excluding carboxylic acids is 2. The monoisotopic (exact) mass is 420 g/mol. The summed E-state index contributed by atoms with van der Waals surface area (Å²) in [4.78, 5) is 28.9. The third-order valence-electron chi connectivity index (χ3n) is 4.51. The molecule has 11 heteroatoms. The number of hydrogen-bond acceptors (Lipinski definition) is 7. The van der Waals surface area contributed by atoms with Gasteiger partial charge in [-0.05, 0) is 36.4 Å². The van der Waals surface area contributed by atoms with Gasteiger partial charge in [-0.1, -0.05) is 0 Å². The predicted octanol–water partition coefficient (Wildman–Crippen LogP) is 0.601. The van der Waals surface area contributed by atoms with Gasteiger partial charge in [0.25, 0.3) is 5.91 Å². The van der Waals surface area contributed by atoms with Gasteiger partial charge in [0.05, 0.1) is 4.90 Å². The Bertz CT molecular complexity index is 981. The largest absolute Gasteiger partial charge is 0.457 e. The lowest BCUT2D eigenvalue weighted by atomic mass is 10.2. The van der Waals surface area contributed by atoms with Crippen molar-refractivity contribution < 1.29 is 28.0 Å². The second-order valence-electron chi connectivity index (χ2n) is 6.33. The van der Waals surface area contributed by atoms with E-state index in [2.05, 4.69) is 4.98 Å². The van der Waals surface area contributed by atoms with Crippen molar-refractivity contribution in [1.82, 2.24) is 19.7 Å². The number of hydrogen-bond donors (Lipinski definition) is 2. The number of nitrogens with one attached hydrogen (secondary N) is 1. The summed E-state index contributed by atoms with van der Waals surface area (Å²) in [6, 6.07) is 7.83. The van der Waals surface area contributed by atoms with Gasteiger partial charge < -0.3 is 9.64 Å². The van der Waals surface area contributed by atoms with Crippen LogP contribution in [0.2, 0.25) is 0 Å². The van der Waals surface area contributed by atoms with Crippen molar-refractivity contribution in [3.05, 3.63) is 48.8 Å². The molecule has 0 aliphatic carbocycles. The molecule has 0 saturated carbocycles. The maximum absolute atomic E-state index is 13.1. The zero-order valence-corrected chi connectivity index (χ0v) is 16.4. The van der Waals surface area contributed by atoms with Gasteiger partial charge in [-0.3, -0.25) is 19.8 Å². The average Bonchev–Trinajstić information content (AvgIpc) is 2.73. The van der Waals surface area contributed by atoms with Gasteiger partial charge in [-0.15, -0.1) is 0 Å². The number of nitrogens with zero attached hydrogens (tertiary/aromatic N) is 3. The number of sulfonamides is 1. The van der Waals surface area contributed by atoms with E-state index >= 15 is 0 Å². The molecular formula is C18H20N4O6S. The highest BCUT2D eigenvalue weighted by Gasteiger charge is 2.40. The molecule has 1 aliphatic heterocycles. The first-order chi connectivity index (χ1) is 13.8. The summed E-state index contributed by atoms with van der Waals surface area (Å²) in [5.74, 6) is -0.204. The van der Waals surface area contributed by atoms with E-state index in [0.29, 0.717) is 11.5 Å². The van der Waals surface area contributed by atoms with E-state index in [0.717, 1.165) is 4.31 Å². The number of pyridine rings is 1. The molecule has 1 fully saturated rings. The molecule has 3 rings (SSSR count). The highest BCUT2D eigenvalue weighted by molar-refractivity contribution is 7.89. The maximum Gasteiger partial charge on any atom is 0.263 e. The lowest BCUT2D eigenvalue weighted by molar-refractivity contribution is -0.138. The molecule has 0 unspecified atom stereocenters. The minimum absolute atomic E-state index is 0.0356. The van der Waals surface area contributed by atoms with Gasteiger partial charge in [-0.25, -0.2) is 13.9 Å². The third-order valence-corrected chi connectivity index (χ3v) is 6.43. The molecule has 0 radical (unpaired) electrons. The van der Waals surface area contributed by atoms with Crippen LogP contribution in [0.15, 0.2) is 53.7 Å². The van der Waals surface area contributed by atoms with E-state index in [1.54, 1.807) is 24.5 Å². The number of piperazine rings is 1. The van der Waals surface area contributed by atoms with Crippen LogP contribution in [-0.2, 0) is 19.6 Å². The quantitative estimate of drug-likeness (QED) is 0.535. The normalized spacial score (nSPS) is 17.6. The molecule has 0 bridgehead atoms. The van der Waals surface area contributed by atoms with Crippen LogP contribution in [0.5, 0.6) is 11.5 Å². The van der Waals surface area contributed by atoms with Crippen LogP contribution in [0.25, 0.3) is 0 Å². The van der Waals surface area contributed by atoms with Gasteiger partial charge in [0.1, 0.15) is 17.5 Å². The lowest BCUT2D eigenvalue weighted by Crippen LogP contribution is -2.60. The molecule has 1 atom stereocenters. The van der Waals surface area contributed by atoms with Crippen LogP contribution in [0.4, 0.5) is 0 Å². The number of aromatic nitrogens is 1. The summed E-state index contributed by atoms with van der Waals surface area (Å²) < 4.78 is 32.8. The van der Waals surface area contributed by atoms with Crippen LogP contribution in [0.3, 0.4) is 0 Å². The Morgan fingerprint density at radius 3 is 2.31 bits per heavy atom. The SMILES string of the molecule is CC(=O)N1CCN(S(=O)(=O)c2ccc(Oc3ccncc3)cc2)[C@@H](C(=O)NO)C1. The summed E-state index contributed by atoms with van der Waals surface area (Å²) in [6.45, 7) is 1.26. The number of benzene rings is 1. The molecule has 10 nitrogen and oxygen atoms in total. The number of ether oxygens (including phenoxy) is 1. The Kier molecular flexibility index (Phi) is 6.11. The average molecular weight is 420 g/mol. The van der Waals surface area contributed by atoms with Crippen LogP contribution in [0.1, 0.15) is 6.92 Å². The molecular weight excluding hydrogens is 400 g/mol. The van der Waals surface area contributed by atoms with Gasteiger partial charge in [0.2, 0.25) is 15.9 Å². The van der Waals surface area contributed by atoms with Crippen LogP contribution in [0, 0.1) is 0 Å². The van der Waals surface area contributed by atoms with Crippen molar-refractivity contribution in [3.8, 4) is 11.5 Å². The first-order valence-electron chi connectivity index (χ1n) is 8.72. The second-order valence-corrected chi connectivity index (χ2v) is 8.22. The summed E-state index contributed by atoms with van der Waals surface area (Å²) in [6.07, 6.45) is 3.14. The molecule has 1 saturated heterocycles. The minimum atomic E-state index is -4.05. The van der Waals surface area contributed by atoms with Crippen molar-refractivity contribution >= 4 is 21.8 Å². The van der Waals surface area contributed by atoms with Gasteiger partial charge in [0.15, 0.2) is 0 Å². The highest BCUT2D eigenvalue weighted by atomic mass is 32.2. The minimum Gasteiger partial charge on any atom is -0.457 e. The summed E-state index contributed by atoms with van der Waals surface area (Å²) in [5.41, 5.74) is 1.48. The van der Waals surface area contributed by atoms with Crippen molar-refractivity contribution in [3.63, 3.8) is 0 Å². The first kappa shape index (κ1) is 20.7. The van der Waals surface area contributed by atoms with Gasteiger partial charge in [0, 0.05) is 39.0 Å². The van der Waals surface area contributed by atoms with Crippen molar-refractivity contribution in [1.29, 1.82) is 0 Å². The lowest BCUT2D eigenvalue weighted by Gasteiger charge is -2.38. The number of amides is 2. The zero-order valence-electron chi connectivity index (χ0n) is 15.6. The van der Waals surface area contributed by atoms with Crippen LogP contribution in [-0.4, -0.2) is 65.3 Å². The fraction of sp³-hybridized carbons (Fsp3) is 0.278. The van der Waals surface area contributed by atoms with Crippen LogP contribution < -0.4 is 10.2 Å². The molecule has 0 spiro atoms. The summed E-state index contributed by atoms with van der Waals surface area (Å²) in [7, 11) is -4.05. The second kappa shape index (κ2) is 8.55. The Hall–Kier alpha value is -3.02. The Labute approximate surface area is 167 Å². The van der Waals surface area contributed by atoms with E-state index in [4.69, 9.17) is 9.94 Å². The highest BCUT2D eigenvalue weighted by Crippen LogP contribution is 2.26. The molecule has 2 amide bonds. The zero-order chi connectivity index (χ0) is 21.0. The first-order valence-corrected chi connectivity index (χ1v) is 10.2. The Balaban J connectivity index is 1.83. The smallest absolute Gasteiger partial charge is 0.263 e. The number of hydroxylamine groups is 1. The van der Waals surface area contributed by atoms with E-state index in [-0.39, 0.29) is 30.4 Å². The van der Waals surface area contributed by atoms with Gasteiger partial charge >= 0.3 is 0 Å². The van der Waals surface area contributed by atoms with E-state index in [9.17, 15) is 18.0 Å². The number of carbonyl (C=O) groups is 2. The van der Waals surface area contributed by atoms with Crippen LogP contribution >= 0.6 is 0 Å². The summed E-state index contributed by atoms with van der Waals surface area (Å²) >= 11 is 0. The maximum atomic E-state index is 13.1. The molecule has 1 aromatic carbocycles. The third kappa shape index (κ3) is 4.53.